The second-order valence-electron chi connectivity index (χ2n) is 6.23. The van der Waals surface area contributed by atoms with E-state index in [0.717, 1.165) is 19.3 Å². The Morgan fingerprint density at radius 2 is 1.16 bits per heavy atom. The largest absolute Gasteiger partial charge is 0.343 e. The summed E-state index contributed by atoms with van der Waals surface area (Å²) < 4.78 is 0. The highest BCUT2D eigenvalue weighted by Gasteiger charge is 2.40. The number of nitrogens with zero attached hydrogens (tertiary/aromatic N) is 2. The van der Waals surface area contributed by atoms with Gasteiger partial charge in [-0.1, -0.05) is 6.42 Å². The van der Waals surface area contributed by atoms with E-state index in [1.165, 1.54) is 0 Å². The normalized spacial score (nSPS) is 22.9. The van der Waals surface area contributed by atoms with E-state index in [-0.39, 0.29) is 35.7 Å². The fourth-order valence-electron chi connectivity index (χ4n) is 2.58. The van der Waals surface area contributed by atoms with E-state index in [4.69, 9.17) is 0 Å². The molecule has 110 valence electrons. The number of carbonyl (C=O) groups excluding carboxylic acids is 2. The van der Waals surface area contributed by atoms with E-state index < -0.39 is 0 Å². The highest BCUT2D eigenvalue weighted by Crippen LogP contribution is 2.34. The minimum absolute atomic E-state index is 0.124. The molecule has 4 nitrogen and oxygen atoms in total. The van der Waals surface area contributed by atoms with Crippen molar-refractivity contribution in [2.45, 2.75) is 59.0 Å². The first-order valence-electron chi connectivity index (χ1n) is 7.30. The van der Waals surface area contributed by atoms with Crippen molar-refractivity contribution >= 4 is 11.8 Å². The fourth-order valence-corrected chi connectivity index (χ4v) is 2.58. The van der Waals surface area contributed by atoms with Crippen LogP contribution in [0.5, 0.6) is 0 Å². The van der Waals surface area contributed by atoms with Crippen molar-refractivity contribution in [1.82, 2.24) is 9.80 Å². The van der Waals surface area contributed by atoms with Crippen LogP contribution < -0.4 is 0 Å². The molecule has 2 atom stereocenters. The van der Waals surface area contributed by atoms with Crippen LogP contribution in [0, 0.1) is 11.8 Å². The molecule has 0 saturated heterocycles. The first-order valence-corrected chi connectivity index (χ1v) is 7.30. The molecule has 0 spiro atoms. The van der Waals surface area contributed by atoms with E-state index in [2.05, 4.69) is 0 Å². The molecule has 0 aliphatic heterocycles. The first kappa shape index (κ1) is 16.0. The topological polar surface area (TPSA) is 40.6 Å². The summed E-state index contributed by atoms with van der Waals surface area (Å²) in [7, 11) is 3.66. The zero-order chi connectivity index (χ0) is 14.7. The van der Waals surface area contributed by atoms with Gasteiger partial charge in [0.15, 0.2) is 0 Å². The third-order valence-corrected chi connectivity index (χ3v) is 4.39. The van der Waals surface area contributed by atoms with Crippen LogP contribution in [-0.4, -0.2) is 47.8 Å². The Hall–Kier alpha value is -1.06. The van der Waals surface area contributed by atoms with Gasteiger partial charge in [0.2, 0.25) is 11.8 Å². The van der Waals surface area contributed by atoms with Gasteiger partial charge in [-0.05, 0) is 40.5 Å². The summed E-state index contributed by atoms with van der Waals surface area (Å²) in [6, 6.07) is 0.373. The molecule has 0 radical (unpaired) electrons. The number of hydrogen-bond donors (Lipinski definition) is 0. The van der Waals surface area contributed by atoms with Gasteiger partial charge < -0.3 is 9.80 Å². The maximum absolute atomic E-state index is 12.4. The molecule has 1 saturated carbocycles. The molecular weight excluding hydrogens is 240 g/mol. The van der Waals surface area contributed by atoms with Crippen molar-refractivity contribution < 1.29 is 9.59 Å². The van der Waals surface area contributed by atoms with Gasteiger partial charge in [-0.3, -0.25) is 9.59 Å². The Kier molecular flexibility index (Phi) is 5.39. The lowest BCUT2D eigenvalue weighted by atomic mass is 9.92. The highest BCUT2D eigenvalue weighted by atomic mass is 16.2. The van der Waals surface area contributed by atoms with Gasteiger partial charge in [-0.2, -0.15) is 0 Å². The summed E-state index contributed by atoms with van der Waals surface area (Å²) in [5.74, 6) is 0.00760. The molecule has 19 heavy (non-hydrogen) atoms. The average molecular weight is 268 g/mol. The number of hydrogen-bond acceptors (Lipinski definition) is 2. The molecule has 2 amide bonds. The van der Waals surface area contributed by atoms with Gasteiger partial charge in [0.05, 0.1) is 0 Å². The van der Waals surface area contributed by atoms with Gasteiger partial charge in [0.1, 0.15) is 0 Å². The third kappa shape index (κ3) is 3.48. The van der Waals surface area contributed by atoms with Crippen molar-refractivity contribution in [3.8, 4) is 0 Å². The molecule has 1 aliphatic rings. The molecule has 0 N–H and O–H groups in total. The third-order valence-electron chi connectivity index (χ3n) is 4.39. The van der Waals surface area contributed by atoms with Crippen LogP contribution in [0.4, 0.5) is 0 Å². The van der Waals surface area contributed by atoms with Crippen molar-refractivity contribution in [3.63, 3.8) is 0 Å². The van der Waals surface area contributed by atoms with Crippen LogP contribution in [0.1, 0.15) is 47.0 Å². The summed E-state index contributed by atoms with van der Waals surface area (Å²) in [6.07, 6.45) is 2.67. The van der Waals surface area contributed by atoms with E-state index in [1.807, 2.05) is 41.8 Å². The number of rotatable bonds is 4. The monoisotopic (exact) mass is 268 g/mol. The Morgan fingerprint density at radius 1 is 0.842 bits per heavy atom. The van der Waals surface area contributed by atoms with Crippen LogP contribution in [0.2, 0.25) is 0 Å². The van der Waals surface area contributed by atoms with E-state index in [9.17, 15) is 9.59 Å². The maximum atomic E-state index is 12.4. The second-order valence-corrected chi connectivity index (χ2v) is 6.23. The van der Waals surface area contributed by atoms with Gasteiger partial charge in [0, 0.05) is 38.0 Å². The SMILES string of the molecule is CC(C)N(C)C(=O)[C@H]1CCC[C@@H]1C(=O)N(C)C(C)C. The fraction of sp³-hybridized carbons (Fsp3) is 0.867. The molecule has 1 fully saturated rings. The quantitative estimate of drug-likeness (QED) is 0.784. The Bertz CT molecular complexity index is 307. The Labute approximate surface area is 117 Å². The molecule has 0 bridgehead atoms. The van der Waals surface area contributed by atoms with Crippen LogP contribution in [-0.2, 0) is 9.59 Å². The molecule has 1 aliphatic carbocycles. The highest BCUT2D eigenvalue weighted by molar-refractivity contribution is 5.88. The van der Waals surface area contributed by atoms with Crippen molar-refractivity contribution in [1.29, 1.82) is 0 Å². The summed E-state index contributed by atoms with van der Waals surface area (Å²) in [6.45, 7) is 8.02. The van der Waals surface area contributed by atoms with Crippen LogP contribution >= 0.6 is 0 Å². The molecule has 0 aromatic carbocycles. The summed E-state index contributed by atoms with van der Waals surface area (Å²) >= 11 is 0. The van der Waals surface area contributed by atoms with Crippen molar-refractivity contribution in [2.75, 3.05) is 14.1 Å². The van der Waals surface area contributed by atoms with Gasteiger partial charge in [0.25, 0.3) is 0 Å². The van der Waals surface area contributed by atoms with Crippen molar-refractivity contribution in [3.05, 3.63) is 0 Å². The van der Waals surface area contributed by atoms with Crippen LogP contribution in [0.15, 0.2) is 0 Å². The standard InChI is InChI=1S/C15H28N2O2/c1-10(2)16(5)14(18)12-8-7-9-13(12)15(19)17(6)11(3)4/h10-13H,7-9H2,1-6H3/t12-,13-/m0/s1. The molecule has 0 heterocycles. The molecule has 0 aromatic heterocycles. The number of amides is 2. The lowest BCUT2D eigenvalue weighted by molar-refractivity contribution is -0.145. The van der Waals surface area contributed by atoms with Crippen LogP contribution in [0.25, 0.3) is 0 Å². The second kappa shape index (κ2) is 6.40. The molecule has 0 unspecified atom stereocenters. The van der Waals surface area contributed by atoms with Gasteiger partial charge >= 0.3 is 0 Å². The average Bonchev–Trinajstić information content (AvgIpc) is 2.83. The Balaban J connectivity index is 2.79. The Morgan fingerprint density at radius 3 is 1.42 bits per heavy atom. The smallest absolute Gasteiger partial charge is 0.226 e. The zero-order valence-electron chi connectivity index (χ0n) is 13.1. The molecule has 4 heteroatoms. The summed E-state index contributed by atoms with van der Waals surface area (Å²) in [5, 5.41) is 0. The lowest BCUT2D eigenvalue weighted by Gasteiger charge is -2.30. The predicted molar refractivity (Wildman–Crippen MR) is 76.6 cm³/mol. The van der Waals surface area contributed by atoms with Crippen molar-refractivity contribution in [2.24, 2.45) is 11.8 Å². The lowest BCUT2D eigenvalue weighted by Crippen LogP contribution is -2.44. The van der Waals surface area contributed by atoms with Crippen LogP contribution in [0.3, 0.4) is 0 Å². The summed E-state index contributed by atoms with van der Waals surface area (Å²) in [4.78, 5) is 28.4. The summed E-state index contributed by atoms with van der Waals surface area (Å²) in [5.41, 5.74) is 0. The minimum atomic E-state index is -0.124. The van der Waals surface area contributed by atoms with E-state index in [0.29, 0.717) is 0 Å². The molecular formula is C15H28N2O2. The van der Waals surface area contributed by atoms with E-state index in [1.54, 1.807) is 9.80 Å². The van der Waals surface area contributed by atoms with Gasteiger partial charge in [-0.15, -0.1) is 0 Å². The predicted octanol–water partition coefficient (Wildman–Crippen LogP) is 2.14. The minimum Gasteiger partial charge on any atom is -0.343 e. The first-order chi connectivity index (χ1) is 8.77. The molecule has 0 aromatic rings. The van der Waals surface area contributed by atoms with Gasteiger partial charge in [-0.25, -0.2) is 0 Å². The van der Waals surface area contributed by atoms with E-state index >= 15 is 0 Å². The maximum Gasteiger partial charge on any atom is 0.226 e. The molecule has 1 rings (SSSR count). The zero-order valence-corrected chi connectivity index (χ0v) is 13.1. The number of carbonyl (C=O) groups is 2.